The molecular formula is C26H23FN2O3. The summed E-state index contributed by atoms with van der Waals surface area (Å²) >= 11 is 0. The second-order valence-corrected chi connectivity index (χ2v) is 7.55. The zero-order valence-corrected chi connectivity index (χ0v) is 18.1. The number of halogens is 1. The van der Waals surface area contributed by atoms with Crippen LogP contribution in [0.15, 0.2) is 72.4 Å². The Morgan fingerprint density at radius 2 is 1.66 bits per heavy atom. The van der Waals surface area contributed by atoms with Gasteiger partial charge in [0.25, 0.3) is 11.8 Å². The van der Waals surface area contributed by atoms with E-state index in [4.69, 9.17) is 4.74 Å². The van der Waals surface area contributed by atoms with E-state index in [1.54, 1.807) is 24.3 Å². The van der Waals surface area contributed by atoms with E-state index in [0.29, 0.717) is 29.3 Å². The second-order valence-electron chi connectivity index (χ2n) is 7.55. The molecule has 1 aliphatic rings. The van der Waals surface area contributed by atoms with Crippen molar-refractivity contribution in [3.63, 3.8) is 0 Å². The van der Waals surface area contributed by atoms with Crippen molar-refractivity contribution in [2.75, 3.05) is 16.8 Å². The number of benzene rings is 3. The number of imide groups is 1. The third-order valence-electron chi connectivity index (χ3n) is 5.26. The molecule has 32 heavy (non-hydrogen) atoms. The minimum absolute atomic E-state index is 0.139. The molecular weight excluding hydrogens is 407 g/mol. The van der Waals surface area contributed by atoms with Crippen LogP contribution in [0.3, 0.4) is 0 Å². The van der Waals surface area contributed by atoms with Crippen molar-refractivity contribution in [2.45, 2.75) is 20.8 Å². The zero-order valence-electron chi connectivity index (χ0n) is 18.1. The van der Waals surface area contributed by atoms with Crippen LogP contribution in [0.5, 0.6) is 5.75 Å². The average molecular weight is 430 g/mol. The lowest BCUT2D eigenvalue weighted by molar-refractivity contribution is -0.120. The fourth-order valence-electron chi connectivity index (χ4n) is 3.76. The molecule has 0 bridgehead atoms. The van der Waals surface area contributed by atoms with Gasteiger partial charge in [0.1, 0.15) is 17.3 Å². The van der Waals surface area contributed by atoms with Crippen molar-refractivity contribution in [1.29, 1.82) is 0 Å². The van der Waals surface area contributed by atoms with Crippen LogP contribution in [0.4, 0.5) is 15.8 Å². The van der Waals surface area contributed by atoms with E-state index in [-0.39, 0.29) is 11.3 Å². The van der Waals surface area contributed by atoms with Gasteiger partial charge in [-0.05, 0) is 62.2 Å². The number of nitrogens with zero attached hydrogens (tertiary/aromatic N) is 1. The molecule has 0 fully saturated rings. The number of hydrogen-bond acceptors (Lipinski definition) is 4. The lowest BCUT2D eigenvalue weighted by atomic mass is 10.0. The summed E-state index contributed by atoms with van der Waals surface area (Å²) in [7, 11) is 0. The fourth-order valence-corrected chi connectivity index (χ4v) is 3.76. The molecule has 3 aromatic carbocycles. The predicted octanol–water partition coefficient (Wildman–Crippen LogP) is 5.24. The predicted molar refractivity (Wildman–Crippen MR) is 123 cm³/mol. The third-order valence-corrected chi connectivity index (χ3v) is 5.26. The van der Waals surface area contributed by atoms with Crippen molar-refractivity contribution >= 4 is 28.8 Å². The number of carbonyl (C=O) groups excluding carboxylic acids is 2. The van der Waals surface area contributed by atoms with Crippen LogP contribution in [-0.4, -0.2) is 18.4 Å². The molecule has 3 aromatic rings. The first-order valence-electron chi connectivity index (χ1n) is 10.4. The van der Waals surface area contributed by atoms with Gasteiger partial charge >= 0.3 is 0 Å². The second kappa shape index (κ2) is 8.67. The van der Waals surface area contributed by atoms with E-state index >= 15 is 0 Å². The van der Waals surface area contributed by atoms with Gasteiger partial charge in [0.15, 0.2) is 0 Å². The van der Waals surface area contributed by atoms with Crippen LogP contribution in [0, 0.1) is 19.7 Å². The molecule has 1 heterocycles. The molecule has 0 atom stereocenters. The number of nitrogens with one attached hydrogen (secondary N) is 1. The van der Waals surface area contributed by atoms with E-state index in [2.05, 4.69) is 5.32 Å². The number of para-hydroxylation sites is 2. The number of aryl methyl sites for hydroxylation is 2. The summed E-state index contributed by atoms with van der Waals surface area (Å²) < 4.78 is 19.2. The Morgan fingerprint density at radius 3 is 2.34 bits per heavy atom. The molecule has 5 nitrogen and oxygen atoms in total. The average Bonchev–Trinajstić information content (AvgIpc) is 3.01. The van der Waals surface area contributed by atoms with Crippen molar-refractivity contribution in [2.24, 2.45) is 0 Å². The molecule has 2 amide bonds. The molecule has 1 aliphatic heterocycles. The van der Waals surface area contributed by atoms with Crippen molar-refractivity contribution < 1.29 is 18.7 Å². The summed E-state index contributed by atoms with van der Waals surface area (Å²) in [6, 6.07) is 18.2. The summed E-state index contributed by atoms with van der Waals surface area (Å²) in [5.74, 6) is -0.987. The summed E-state index contributed by atoms with van der Waals surface area (Å²) in [6.07, 6.45) is 0. The number of amides is 2. The van der Waals surface area contributed by atoms with Crippen LogP contribution in [0.2, 0.25) is 0 Å². The monoisotopic (exact) mass is 430 g/mol. The Balaban J connectivity index is 1.84. The lowest BCUT2D eigenvalue weighted by Crippen LogP contribution is -2.32. The van der Waals surface area contributed by atoms with Gasteiger partial charge in [-0.15, -0.1) is 0 Å². The number of carbonyl (C=O) groups is 2. The number of hydrogen-bond donors (Lipinski definition) is 1. The molecule has 0 spiro atoms. The maximum atomic E-state index is 13.6. The number of anilines is 2. The Labute approximate surface area is 186 Å². The maximum Gasteiger partial charge on any atom is 0.282 e. The van der Waals surface area contributed by atoms with Crippen LogP contribution in [-0.2, 0) is 9.59 Å². The number of ether oxygens (including phenoxy) is 1. The summed E-state index contributed by atoms with van der Waals surface area (Å²) in [5, 5.41) is 3.16. The fraction of sp³-hybridized carbons (Fsp3) is 0.154. The molecule has 1 N–H and O–H groups in total. The first kappa shape index (κ1) is 21.3. The normalized spacial score (nSPS) is 13.7. The Kier molecular flexibility index (Phi) is 5.77. The van der Waals surface area contributed by atoms with Crippen molar-refractivity contribution in [1.82, 2.24) is 0 Å². The van der Waals surface area contributed by atoms with E-state index in [1.165, 1.54) is 24.3 Å². The van der Waals surface area contributed by atoms with E-state index in [1.807, 2.05) is 39.0 Å². The summed E-state index contributed by atoms with van der Waals surface area (Å²) in [5.41, 5.74) is 3.87. The molecule has 0 saturated carbocycles. The standard InChI is InChI=1S/C26H23FN2O3/c1-4-32-22-8-6-5-7-21(22)29-25(30)23(18-10-12-19(27)13-11-18)24(26(29)31)28-20-14-9-16(2)15-17(20)3/h5-15,28H,4H2,1-3H3. The topological polar surface area (TPSA) is 58.6 Å². The highest BCUT2D eigenvalue weighted by Crippen LogP contribution is 2.38. The Hall–Kier alpha value is -3.93. The van der Waals surface area contributed by atoms with Gasteiger partial charge in [-0.2, -0.15) is 0 Å². The largest absolute Gasteiger partial charge is 0.492 e. The molecule has 0 saturated heterocycles. The molecule has 0 aromatic heterocycles. The molecule has 0 unspecified atom stereocenters. The van der Waals surface area contributed by atoms with Crippen LogP contribution in [0.1, 0.15) is 23.6 Å². The minimum atomic E-state index is -0.499. The van der Waals surface area contributed by atoms with Gasteiger partial charge in [-0.1, -0.05) is 42.0 Å². The summed E-state index contributed by atoms with van der Waals surface area (Å²) in [6.45, 7) is 6.13. The zero-order chi connectivity index (χ0) is 22.8. The highest BCUT2D eigenvalue weighted by Gasteiger charge is 2.41. The quantitative estimate of drug-likeness (QED) is 0.544. The number of rotatable bonds is 6. The van der Waals surface area contributed by atoms with E-state index < -0.39 is 17.6 Å². The molecule has 6 heteroatoms. The molecule has 162 valence electrons. The highest BCUT2D eigenvalue weighted by molar-refractivity contribution is 6.46. The minimum Gasteiger partial charge on any atom is -0.492 e. The van der Waals surface area contributed by atoms with Gasteiger partial charge in [0.2, 0.25) is 0 Å². The smallest absolute Gasteiger partial charge is 0.282 e. The van der Waals surface area contributed by atoms with Crippen molar-refractivity contribution in [3.05, 3.63) is 94.9 Å². The Bertz CT molecular complexity index is 1230. The van der Waals surface area contributed by atoms with Crippen LogP contribution in [0.25, 0.3) is 5.57 Å². The molecule has 0 aliphatic carbocycles. The first-order valence-corrected chi connectivity index (χ1v) is 10.4. The van der Waals surface area contributed by atoms with Gasteiger partial charge in [-0.3, -0.25) is 9.59 Å². The highest BCUT2D eigenvalue weighted by atomic mass is 19.1. The van der Waals surface area contributed by atoms with Crippen molar-refractivity contribution in [3.8, 4) is 5.75 Å². The first-order chi connectivity index (χ1) is 15.4. The van der Waals surface area contributed by atoms with Gasteiger partial charge in [-0.25, -0.2) is 9.29 Å². The Morgan fingerprint density at radius 1 is 0.938 bits per heavy atom. The molecule has 4 rings (SSSR count). The van der Waals surface area contributed by atoms with E-state index in [0.717, 1.165) is 16.0 Å². The van der Waals surface area contributed by atoms with Crippen LogP contribution >= 0.6 is 0 Å². The van der Waals surface area contributed by atoms with Gasteiger partial charge in [0, 0.05) is 5.69 Å². The van der Waals surface area contributed by atoms with Crippen LogP contribution < -0.4 is 15.0 Å². The maximum absolute atomic E-state index is 13.6. The summed E-state index contributed by atoms with van der Waals surface area (Å²) in [4.78, 5) is 28.2. The van der Waals surface area contributed by atoms with Gasteiger partial charge in [0.05, 0.1) is 17.9 Å². The third kappa shape index (κ3) is 3.87. The lowest BCUT2D eigenvalue weighted by Gasteiger charge is -2.19. The van der Waals surface area contributed by atoms with Gasteiger partial charge < -0.3 is 10.1 Å². The SMILES string of the molecule is CCOc1ccccc1N1C(=O)C(Nc2ccc(C)cc2C)=C(c2ccc(F)cc2)C1=O. The van der Waals surface area contributed by atoms with E-state index in [9.17, 15) is 14.0 Å². The molecule has 0 radical (unpaired) electrons.